The molecule has 2 aromatic rings. The van der Waals surface area contributed by atoms with Gasteiger partial charge in [-0.1, -0.05) is 93.5 Å². The second-order valence-electron chi connectivity index (χ2n) is 7.87. The highest BCUT2D eigenvalue weighted by Crippen LogP contribution is 2.28. The van der Waals surface area contributed by atoms with E-state index in [0.29, 0.717) is 28.7 Å². The van der Waals surface area contributed by atoms with Crippen LogP contribution in [0.4, 0.5) is 0 Å². The Balaban J connectivity index is 1.45. The molecule has 3 nitrogen and oxygen atoms in total. The molecule has 0 radical (unpaired) electrons. The summed E-state index contributed by atoms with van der Waals surface area (Å²) in [5, 5.41) is 0.424. The molecule has 164 valence electrons. The molecule has 0 heterocycles. The predicted molar refractivity (Wildman–Crippen MR) is 127 cm³/mol. The highest BCUT2D eigenvalue weighted by molar-refractivity contribution is 6.32. The number of hydrogen-bond acceptors (Lipinski definition) is 3. The van der Waals surface area contributed by atoms with Crippen molar-refractivity contribution >= 4 is 17.6 Å². The van der Waals surface area contributed by atoms with E-state index < -0.39 is 5.97 Å². The van der Waals surface area contributed by atoms with E-state index in [1.54, 1.807) is 18.2 Å². The first kappa shape index (κ1) is 23.1. The number of rotatable bonds is 12. The molecule has 0 N–H and O–H groups in total. The fraction of sp³-hybridized carbons (Fsp3) is 0.370. The lowest BCUT2D eigenvalue weighted by Crippen LogP contribution is -2.09. The van der Waals surface area contributed by atoms with E-state index in [9.17, 15) is 4.79 Å². The maximum Gasteiger partial charge on any atom is 0.343 e. The van der Waals surface area contributed by atoms with Crippen molar-refractivity contribution in [1.29, 1.82) is 0 Å². The molecule has 0 spiro atoms. The van der Waals surface area contributed by atoms with E-state index in [4.69, 9.17) is 21.1 Å². The third kappa shape index (κ3) is 7.29. The summed E-state index contributed by atoms with van der Waals surface area (Å²) in [4.78, 5) is 12.5. The molecule has 1 aliphatic carbocycles. The molecular formula is C27H31ClO3. The second kappa shape index (κ2) is 12.4. The zero-order valence-corrected chi connectivity index (χ0v) is 18.9. The van der Waals surface area contributed by atoms with Crippen LogP contribution in [0.3, 0.4) is 0 Å². The van der Waals surface area contributed by atoms with Crippen LogP contribution in [0.5, 0.6) is 11.5 Å². The fourth-order valence-electron chi connectivity index (χ4n) is 3.56. The first-order valence-corrected chi connectivity index (χ1v) is 11.6. The zero-order chi connectivity index (χ0) is 21.9. The van der Waals surface area contributed by atoms with E-state index in [-0.39, 0.29) is 5.92 Å². The Morgan fingerprint density at radius 3 is 2.26 bits per heavy atom. The maximum atomic E-state index is 12.5. The summed E-state index contributed by atoms with van der Waals surface area (Å²) in [5.41, 5.74) is 1.56. The lowest BCUT2D eigenvalue weighted by Gasteiger charge is -2.10. The highest BCUT2D eigenvalue weighted by atomic mass is 35.5. The summed E-state index contributed by atoms with van der Waals surface area (Å²) in [6.45, 7) is 2.86. The third-order valence-corrected chi connectivity index (χ3v) is 5.69. The Hall–Kier alpha value is -2.52. The normalized spacial score (nSPS) is 13.0. The van der Waals surface area contributed by atoms with E-state index in [2.05, 4.69) is 19.1 Å². The van der Waals surface area contributed by atoms with Crippen LogP contribution in [0, 0.1) is 0 Å². The van der Waals surface area contributed by atoms with Crippen LogP contribution in [0.25, 0.3) is 0 Å². The molecule has 0 aliphatic heterocycles. The Kier molecular flexibility index (Phi) is 9.23. The first-order valence-electron chi connectivity index (χ1n) is 11.3. The van der Waals surface area contributed by atoms with Crippen LogP contribution in [-0.2, 0) is 0 Å². The number of halogens is 1. The van der Waals surface area contributed by atoms with Gasteiger partial charge in [0.15, 0.2) is 0 Å². The Morgan fingerprint density at radius 1 is 0.903 bits per heavy atom. The standard InChI is InChI=1S/C27H31ClO3/c1-2-3-4-5-6-7-10-19-30-26-18-15-23(20-25(26)28)27(29)31-24-16-13-22(14-17-24)21-11-8-9-12-21/h8-9,11-18,20-21H,2-7,10,19H2,1H3. The van der Waals surface area contributed by atoms with Crippen LogP contribution in [-0.4, -0.2) is 12.6 Å². The summed E-state index contributed by atoms with van der Waals surface area (Å²) in [5.74, 6) is 0.965. The molecule has 3 rings (SSSR count). The molecule has 0 atom stereocenters. The molecule has 0 bridgehead atoms. The van der Waals surface area contributed by atoms with Crippen LogP contribution in [0.1, 0.15) is 73.7 Å². The minimum atomic E-state index is -0.436. The van der Waals surface area contributed by atoms with Gasteiger partial charge in [-0.3, -0.25) is 0 Å². The summed E-state index contributed by atoms with van der Waals surface area (Å²) in [6, 6.07) is 12.6. The van der Waals surface area contributed by atoms with Gasteiger partial charge in [0.2, 0.25) is 0 Å². The van der Waals surface area contributed by atoms with Gasteiger partial charge in [-0.05, 0) is 42.3 Å². The first-order chi connectivity index (χ1) is 15.2. The van der Waals surface area contributed by atoms with Gasteiger partial charge in [0.25, 0.3) is 0 Å². The van der Waals surface area contributed by atoms with Crippen molar-refractivity contribution in [2.45, 2.75) is 57.8 Å². The van der Waals surface area contributed by atoms with Gasteiger partial charge in [-0.2, -0.15) is 0 Å². The van der Waals surface area contributed by atoms with Crippen LogP contribution in [0.2, 0.25) is 5.02 Å². The van der Waals surface area contributed by atoms with Gasteiger partial charge >= 0.3 is 5.97 Å². The minimum absolute atomic E-state index is 0.289. The van der Waals surface area contributed by atoms with Crippen LogP contribution < -0.4 is 9.47 Å². The molecular weight excluding hydrogens is 408 g/mol. The number of ether oxygens (including phenoxy) is 2. The second-order valence-corrected chi connectivity index (χ2v) is 8.28. The Labute approximate surface area is 190 Å². The number of unbranched alkanes of at least 4 members (excludes halogenated alkanes) is 6. The summed E-state index contributed by atoms with van der Waals surface area (Å²) in [6.07, 6.45) is 16.9. The van der Waals surface area contributed by atoms with E-state index >= 15 is 0 Å². The molecule has 2 aromatic carbocycles. The van der Waals surface area contributed by atoms with Gasteiger partial charge in [-0.15, -0.1) is 0 Å². The molecule has 4 heteroatoms. The highest BCUT2D eigenvalue weighted by Gasteiger charge is 2.13. The predicted octanol–water partition coefficient (Wildman–Crippen LogP) is 7.90. The monoisotopic (exact) mass is 438 g/mol. The van der Waals surface area contributed by atoms with Gasteiger partial charge in [0, 0.05) is 5.92 Å². The topological polar surface area (TPSA) is 35.5 Å². The number of allylic oxidation sites excluding steroid dienone is 4. The van der Waals surface area contributed by atoms with Crippen LogP contribution in [0.15, 0.2) is 66.8 Å². The fourth-order valence-corrected chi connectivity index (χ4v) is 3.80. The van der Waals surface area contributed by atoms with Gasteiger partial charge in [0.1, 0.15) is 11.5 Å². The Morgan fingerprint density at radius 2 is 1.58 bits per heavy atom. The number of carbonyl (C=O) groups excluding carboxylic acids is 1. The lowest BCUT2D eigenvalue weighted by molar-refractivity contribution is 0.0734. The molecule has 31 heavy (non-hydrogen) atoms. The quantitative estimate of drug-likeness (QED) is 0.192. The van der Waals surface area contributed by atoms with Gasteiger partial charge < -0.3 is 9.47 Å². The molecule has 0 fully saturated rings. The number of esters is 1. The molecule has 0 saturated carbocycles. The van der Waals surface area contributed by atoms with Gasteiger partial charge in [0.05, 0.1) is 17.2 Å². The van der Waals surface area contributed by atoms with Crippen molar-refractivity contribution in [3.63, 3.8) is 0 Å². The molecule has 1 aliphatic rings. The van der Waals surface area contributed by atoms with E-state index in [0.717, 1.165) is 18.4 Å². The van der Waals surface area contributed by atoms with Crippen molar-refractivity contribution in [2.75, 3.05) is 6.61 Å². The molecule has 0 unspecified atom stereocenters. The summed E-state index contributed by atoms with van der Waals surface area (Å²) in [7, 11) is 0. The van der Waals surface area contributed by atoms with E-state index in [1.165, 1.54) is 32.1 Å². The van der Waals surface area contributed by atoms with Crippen molar-refractivity contribution < 1.29 is 14.3 Å². The average molecular weight is 439 g/mol. The third-order valence-electron chi connectivity index (χ3n) is 5.40. The lowest BCUT2D eigenvalue weighted by atomic mass is 10.0. The van der Waals surface area contributed by atoms with Crippen molar-refractivity contribution in [2.24, 2.45) is 0 Å². The number of benzene rings is 2. The average Bonchev–Trinajstić information content (AvgIpc) is 3.32. The number of hydrogen-bond donors (Lipinski definition) is 0. The summed E-state index contributed by atoms with van der Waals surface area (Å²) < 4.78 is 11.3. The zero-order valence-electron chi connectivity index (χ0n) is 18.2. The maximum absolute atomic E-state index is 12.5. The van der Waals surface area contributed by atoms with Crippen LogP contribution >= 0.6 is 11.6 Å². The van der Waals surface area contributed by atoms with Gasteiger partial charge in [-0.25, -0.2) is 4.79 Å². The van der Waals surface area contributed by atoms with E-state index in [1.807, 2.05) is 36.4 Å². The van der Waals surface area contributed by atoms with Crippen molar-refractivity contribution in [3.05, 3.63) is 82.9 Å². The number of carbonyl (C=O) groups is 1. The minimum Gasteiger partial charge on any atom is -0.492 e. The smallest absolute Gasteiger partial charge is 0.343 e. The SMILES string of the molecule is CCCCCCCCCOc1ccc(C(=O)Oc2ccc(C3C=CC=C3)cc2)cc1Cl. The molecule has 0 aromatic heterocycles. The van der Waals surface area contributed by atoms with Crippen molar-refractivity contribution in [3.8, 4) is 11.5 Å². The summed E-state index contributed by atoms with van der Waals surface area (Å²) >= 11 is 6.32. The van der Waals surface area contributed by atoms with Crippen molar-refractivity contribution in [1.82, 2.24) is 0 Å². The Bertz CT molecular complexity index is 887. The molecule has 0 saturated heterocycles. The largest absolute Gasteiger partial charge is 0.492 e. The molecule has 0 amide bonds.